The fourth-order valence-electron chi connectivity index (χ4n) is 2.35. The zero-order chi connectivity index (χ0) is 14.0. The second-order valence-electron chi connectivity index (χ2n) is 4.78. The first-order chi connectivity index (χ1) is 8.93. The van der Waals surface area contributed by atoms with E-state index in [2.05, 4.69) is 0 Å². The summed E-state index contributed by atoms with van der Waals surface area (Å²) in [6, 6.07) is 5.28. The molecule has 0 bridgehead atoms. The predicted octanol–water partition coefficient (Wildman–Crippen LogP) is 0.613. The molecule has 0 radical (unpaired) electrons. The first-order valence-electron chi connectivity index (χ1n) is 6.26. The molecule has 0 amide bonds. The first-order valence-corrected chi connectivity index (χ1v) is 7.70. The normalized spacial score (nSPS) is 21.2. The minimum Gasteiger partial charge on any atom is -0.545 e. The Bertz CT molecular complexity index is 582. The van der Waals surface area contributed by atoms with Gasteiger partial charge >= 0.3 is 0 Å². The highest BCUT2D eigenvalue weighted by Crippen LogP contribution is 2.25. The minimum absolute atomic E-state index is 0.0166. The Balaban J connectivity index is 2.38. The third-order valence-corrected chi connectivity index (χ3v) is 5.43. The lowest BCUT2D eigenvalue weighted by molar-refractivity contribution is -0.255. The summed E-state index contributed by atoms with van der Waals surface area (Å²) < 4.78 is 26.4. The number of benzene rings is 1. The second kappa shape index (κ2) is 5.30. The Morgan fingerprint density at radius 2 is 2.11 bits per heavy atom. The van der Waals surface area contributed by atoms with E-state index in [1.54, 1.807) is 0 Å². The lowest BCUT2D eigenvalue weighted by atomic mass is 10.1. The Morgan fingerprint density at radius 1 is 1.37 bits per heavy atom. The summed E-state index contributed by atoms with van der Waals surface area (Å²) in [5, 5.41) is 10.8. The lowest BCUT2D eigenvalue weighted by Gasteiger charge is -2.32. The zero-order valence-electron chi connectivity index (χ0n) is 10.7. The predicted molar refractivity (Wildman–Crippen MR) is 68.0 cm³/mol. The molecule has 0 spiro atoms. The van der Waals surface area contributed by atoms with Crippen LogP contribution in [0.1, 0.15) is 36.5 Å². The van der Waals surface area contributed by atoms with Crippen molar-refractivity contribution >= 4 is 16.0 Å². The smallest absolute Gasteiger partial charge is 0.243 e. The van der Waals surface area contributed by atoms with Crippen LogP contribution in [0, 0.1) is 0 Å². The largest absolute Gasteiger partial charge is 0.545 e. The summed E-state index contributed by atoms with van der Waals surface area (Å²) in [6.07, 6.45) is 2.69. The van der Waals surface area contributed by atoms with E-state index in [1.165, 1.54) is 22.5 Å². The molecular weight excluding hydrogens is 266 g/mol. The standard InChI is InChI=1S/C13H17NO4S/c1-10-5-2-3-8-14(10)19(17,18)12-7-4-6-11(9-12)13(15)16/h4,6-7,9-10H,2-3,5,8H2,1H3,(H,15,16)/p-1/t10-/m0/s1. The van der Waals surface area contributed by atoms with Crippen molar-refractivity contribution in [3.8, 4) is 0 Å². The van der Waals surface area contributed by atoms with Crippen LogP contribution < -0.4 is 5.11 Å². The van der Waals surface area contributed by atoms with Gasteiger partial charge in [-0.25, -0.2) is 8.42 Å². The number of carbonyl (C=O) groups is 1. The van der Waals surface area contributed by atoms with Crippen molar-refractivity contribution in [2.75, 3.05) is 6.54 Å². The number of rotatable bonds is 3. The summed E-state index contributed by atoms with van der Waals surface area (Å²) in [5.41, 5.74) is -0.120. The van der Waals surface area contributed by atoms with E-state index >= 15 is 0 Å². The van der Waals surface area contributed by atoms with Crippen LogP contribution in [0.5, 0.6) is 0 Å². The van der Waals surface area contributed by atoms with Crippen molar-refractivity contribution in [3.05, 3.63) is 29.8 Å². The molecule has 0 aromatic heterocycles. The van der Waals surface area contributed by atoms with Gasteiger partial charge in [-0.15, -0.1) is 0 Å². The third kappa shape index (κ3) is 2.79. The molecule has 0 N–H and O–H groups in total. The van der Waals surface area contributed by atoms with E-state index < -0.39 is 16.0 Å². The number of nitrogens with zero attached hydrogens (tertiary/aromatic N) is 1. The van der Waals surface area contributed by atoms with Gasteiger partial charge in [0, 0.05) is 12.6 Å². The molecule has 1 aliphatic rings. The quantitative estimate of drug-likeness (QED) is 0.814. The third-order valence-electron chi connectivity index (χ3n) is 3.42. The number of carbonyl (C=O) groups excluding carboxylic acids is 1. The van der Waals surface area contributed by atoms with Gasteiger partial charge in [0.1, 0.15) is 0 Å². The maximum atomic E-state index is 12.5. The van der Waals surface area contributed by atoms with Gasteiger partial charge in [-0.2, -0.15) is 4.31 Å². The van der Waals surface area contributed by atoms with Crippen molar-refractivity contribution in [1.82, 2.24) is 4.31 Å². The molecule has 0 unspecified atom stereocenters. The Morgan fingerprint density at radius 3 is 2.74 bits per heavy atom. The van der Waals surface area contributed by atoms with Gasteiger partial charge in [0.05, 0.1) is 10.9 Å². The van der Waals surface area contributed by atoms with E-state index in [0.29, 0.717) is 6.54 Å². The molecule has 6 heteroatoms. The van der Waals surface area contributed by atoms with Crippen LogP contribution in [0.25, 0.3) is 0 Å². The number of carboxylic acid groups (broad SMARTS) is 1. The topological polar surface area (TPSA) is 77.5 Å². The highest BCUT2D eigenvalue weighted by atomic mass is 32.2. The lowest BCUT2D eigenvalue weighted by Crippen LogP contribution is -2.42. The summed E-state index contributed by atoms with van der Waals surface area (Å²) in [5.74, 6) is -1.37. The molecule has 1 aromatic rings. The molecule has 2 rings (SSSR count). The molecule has 0 saturated carbocycles. The van der Waals surface area contributed by atoms with Gasteiger partial charge < -0.3 is 9.90 Å². The first kappa shape index (κ1) is 14.0. The SMILES string of the molecule is C[C@H]1CCCCN1S(=O)(=O)c1cccc(C(=O)[O-])c1. The van der Waals surface area contributed by atoms with E-state index in [9.17, 15) is 18.3 Å². The summed E-state index contributed by atoms with van der Waals surface area (Å²) >= 11 is 0. The highest BCUT2D eigenvalue weighted by Gasteiger charge is 2.30. The van der Waals surface area contributed by atoms with Crippen molar-refractivity contribution < 1.29 is 18.3 Å². The Hall–Kier alpha value is -1.40. The second-order valence-corrected chi connectivity index (χ2v) is 6.67. The summed E-state index contributed by atoms with van der Waals surface area (Å²) in [7, 11) is -3.63. The Kier molecular flexibility index (Phi) is 3.91. The molecule has 1 heterocycles. The van der Waals surface area contributed by atoms with Crippen molar-refractivity contribution in [1.29, 1.82) is 0 Å². The van der Waals surface area contributed by atoms with Crippen LogP contribution in [0.2, 0.25) is 0 Å². The molecule has 19 heavy (non-hydrogen) atoms. The van der Waals surface area contributed by atoms with Crippen LogP contribution in [-0.2, 0) is 10.0 Å². The molecule has 5 nitrogen and oxygen atoms in total. The van der Waals surface area contributed by atoms with Crippen LogP contribution >= 0.6 is 0 Å². The average molecular weight is 282 g/mol. The number of hydrogen-bond donors (Lipinski definition) is 0. The summed E-state index contributed by atoms with van der Waals surface area (Å²) in [4.78, 5) is 10.8. The maximum Gasteiger partial charge on any atom is 0.243 e. The van der Waals surface area contributed by atoms with Gasteiger partial charge in [0.2, 0.25) is 10.0 Å². The van der Waals surface area contributed by atoms with Crippen LogP contribution in [0.4, 0.5) is 0 Å². The molecule has 1 atom stereocenters. The molecular formula is C13H16NO4S-. The van der Waals surface area contributed by atoms with Gasteiger partial charge in [0.25, 0.3) is 0 Å². The van der Waals surface area contributed by atoms with Gasteiger partial charge in [0.15, 0.2) is 0 Å². The van der Waals surface area contributed by atoms with Gasteiger partial charge in [-0.3, -0.25) is 0 Å². The van der Waals surface area contributed by atoms with Crippen LogP contribution in [-0.4, -0.2) is 31.3 Å². The van der Waals surface area contributed by atoms with Crippen LogP contribution in [0.3, 0.4) is 0 Å². The van der Waals surface area contributed by atoms with Crippen molar-refractivity contribution in [2.45, 2.75) is 37.1 Å². The fraction of sp³-hybridized carbons (Fsp3) is 0.462. The maximum absolute atomic E-state index is 12.5. The number of hydrogen-bond acceptors (Lipinski definition) is 4. The number of sulfonamides is 1. The van der Waals surface area contributed by atoms with E-state index in [0.717, 1.165) is 25.3 Å². The number of aromatic carboxylic acids is 1. The van der Waals surface area contributed by atoms with E-state index in [4.69, 9.17) is 0 Å². The number of piperidine rings is 1. The molecule has 0 aliphatic carbocycles. The molecule has 1 saturated heterocycles. The van der Waals surface area contributed by atoms with E-state index in [1.807, 2.05) is 6.92 Å². The number of carboxylic acids is 1. The monoisotopic (exact) mass is 282 g/mol. The zero-order valence-corrected chi connectivity index (χ0v) is 11.5. The molecule has 1 fully saturated rings. The average Bonchev–Trinajstić information content (AvgIpc) is 2.39. The van der Waals surface area contributed by atoms with Crippen molar-refractivity contribution in [3.63, 3.8) is 0 Å². The Labute approximate surface area is 112 Å². The minimum atomic E-state index is -3.63. The van der Waals surface area contributed by atoms with E-state index in [-0.39, 0.29) is 16.5 Å². The molecule has 1 aromatic carbocycles. The molecule has 1 aliphatic heterocycles. The highest BCUT2D eigenvalue weighted by molar-refractivity contribution is 7.89. The fourth-order valence-corrected chi connectivity index (χ4v) is 4.09. The summed E-state index contributed by atoms with van der Waals surface area (Å²) in [6.45, 7) is 2.36. The van der Waals surface area contributed by atoms with Gasteiger partial charge in [-0.1, -0.05) is 18.6 Å². The van der Waals surface area contributed by atoms with Gasteiger partial charge in [-0.05, 0) is 37.5 Å². The van der Waals surface area contributed by atoms with Crippen LogP contribution in [0.15, 0.2) is 29.2 Å². The molecule has 104 valence electrons. The van der Waals surface area contributed by atoms with Crippen molar-refractivity contribution in [2.24, 2.45) is 0 Å².